The van der Waals surface area contributed by atoms with Crippen LogP contribution in [0.2, 0.25) is 0 Å². The molecule has 1 heterocycles. The van der Waals surface area contributed by atoms with E-state index < -0.39 is 0 Å². The van der Waals surface area contributed by atoms with Crippen LogP contribution in [0.1, 0.15) is 79.6 Å². The zero-order valence-corrected chi connectivity index (χ0v) is 12.7. The molecule has 1 saturated heterocycles. The van der Waals surface area contributed by atoms with Gasteiger partial charge in [0.15, 0.2) is 0 Å². The standard InChI is InChI=1S/C16H33N/c1-6-9-16(10-7-2)14(11-13(4)5)12-15(8-3)17-16/h13-15,17H,6-12H2,1-5H3/t14-,15-/m0/s1. The molecule has 0 aromatic carbocycles. The van der Waals surface area contributed by atoms with Crippen LogP contribution in [-0.4, -0.2) is 11.6 Å². The van der Waals surface area contributed by atoms with E-state index in [9.17, 15) is 0 Å². The molecule has 1 aliphatic rings. The Kier molecular flexibility index (Phi) is 5.99. The third-order valence-electron chi connectivity index (χ3n) is 4.48. The number of hydrogen-bond acceptors (Lipinski definition) is 1. The van der Waals surface area contributed by atoms with Gasteiger partial charge in [-0.15, -0.1) is 0 Å². The minimum absolute atomic E-state index is 0.467. The topological polar surface area (TPSA) is 12.0 Å². The molecule has 0 aromatic heterocycles. The zero-order chi connectivity index (χ0) is 12.9. The monoisotopic (exact) mass is 239 g/mol. The first-order valence-corrected chi connectivity index (χ1v) is 7.85. The first-order chi connectivity index (χ1) is 8.07. The number of rotatable bonds is 7. The van der Waals surface area contributed by atoms with Crippen LogP contribution in [0.3, 0.4) is 0 Å². The SMILES string of the molecule is CCCC1(CCC)N[C@@H](CC)C[C@@H]1CC(C)C. The Balaban J connectivity index is 2.79. The molecule has 0 saturated carbocycles. The lowest BCUT2D eigenvalue weighted by molar-refractivity contribution is 0.205. The molecule has 0 amide bonds. The highest BCUT2D eigenvalue weighted by Gasteiger charge is 2.44. The molecule has 0 spiro atoms. The maximum absolute atomic E-state index is 4.01. The fourth-order valence-corrected chi connectivity index (χ4v) is 3.88. The van der Waals surface area contributed by atoms with E-state index in [1.807, 2.05) is 0 Å². The van der Waals surface area contributed by atoms with Gasteiger partial charge in [-0.05, 0) is 43.9 Å². The largest absolute Gasteiger partial charge is 0.308 e. The molecule has 102 valence electrons. The molecule has 1 nitrogen and oxygen atoms in total. The van der Waals surface area contributed by atoms with Crippen LogP contribution in [0.4, 0.5) is 0 Å². The Labute approximate surface area is 109 Å². The van der Waals surface area contributed by atoms with Crippen LogP contribution in [0.25, 0.3) is 0 Å². The van der Waals surface area contributed by atoms with Crippen molar-refractivity contribution in [2.45, 2.75) is 91.1 Å². The molecule has 1 rings (SSSR count). The Morgan fingerprint density at radius 1 is 1.12 bits per heavy atom. The molecule has 0 radical (unpaired) electrons. The summed E-state index contributed by atoms with van der Waals surface area (Å²) in [6, 6.07) is 0.775. The molecule has 1 fully saturated rings. The second-order valence-electron chi connectivity index (χ2n) is 6.47. The third-order valence-corrected chi connectivity index (χ3v) is 4.48. The van der Waals surface area contributed by atoms with Gasteiger partial charge in [0.2, 0.25) is 0 Å². The predicted molar refractivity (Wildman–Crippen MR) is 77.3 cm³/mol. The number of nitrogens with one attached hydrogen (secondary N) is 1. The molecule has 0 aliphatic carbocycles. The van der Waals surface area contributed by atoms with Crippen molar-refractivity contribution in [2.24, 2.45) is 11.8 Å². The lowest BCUT2D eigenvalue weighted by Crippen LogP contribution is -2.47. The lowest BCUT2D eigenvalue weighted by Gasteiger charge is -2.37. The summed E-state index contributed by atoms with van der Waals surface area (Å²) in [5.74, 6) is 1.75. The van der Waals surface area contributed by atoms with E-state index in [1.165, 1.54) is 44.9 Å². The van der Waals surface area contributed by atoms with Crippen LogP contribution in [0.5, 0.6) is 0 Å². The summed E-state index contributed by atoms with van der Waals surface area (Å²) >= 11 is 0. The van der Waals surface area contributed by atoms with Crippen LogP contribution in [0.15, 0.2) is 0 Å². The van der Waals surface area contributed by atoms with Crippen LogP contribution in [-0.2, 0) is 0 Å². The van der Waals surface area contributed by atoms with Gasteiger partial charge in [-0.2, -0.15) is 0 Å². The van der Waals surface area contributed by atoms with E-state index in [2.05, 4.69) is 39.9 Å². The van der Waals surface area contributed by atoms with Crippen molar-refractivity contribution in [3.8, 4) is 0 Å². The quantitative estimate of drug-likeness (QED) is 0.675. The number of hydrogen-bond donors (Lipinski definition) is 1. The molecule has 0 unspecified atom stereocenters. The average molecular weight is 239 g/mol. The highest BCUT2D eigenvalue weighted by Crippen LogP contribution is 2.41. The van der Waals surface area contributed by atoms with Crippen molar-refractivity contribution in [3.63, 3.8) is 0 Å². The highest BCUT2D eigenvalue weighted by molar-refractivity contribution is 5.03. The Morgan fingerprint density at radius 3 is 2.12 bits per heavy atom. The van der Waals surface area contributed by atoms with Gasteiger partial charge in [-0.1, -0.05) is 47.5 Å². The molecule has 1 N–H and O–H groups in total. The third kappa shape index (κ3) is 3.71. The Morgan fingerprint density at radius 2 is 1.71 bits per heavy atom. The van der Waals surface area contributed by atoms with Gasteiger partial charge in [-0.25, -0.2) is 0 Å². The van der Waals surface area contributed by atoms with Gasteiger partial charge in [0.1, 0.15) is 0 Å². The summed E-state index contributed by atoms with van der Waals surface area (Å²) in [5, 5.41) is 4.01. The molecule has 2 atom stereocenters. The maximum Gasteiger partial charge on any atom is 0.0212 e. The second kappa shape index (κ2) is 6.78. The van der Waals surface area contributed by atoms with Gasteiger partial charge in [0, 0.05) is 11.6 Å². The first-order valence-electron chi connectivity index (χ1n) is 7.85. The molecule has 0 aromatic rings. The van der Waals surface area contributed by atoms with E-state index in [4.69, 9.17) is 0 Å². The molecular weight excluding hydrogens is 206 g/mol. The molecule has 1 heteroatoms. The Bertz CT molecular complexity index is 204. The summed E-state index contributed by atoms with van der Waals surface area (Å²) in [7, 11) is 0. The van der Waals surface area contributed by atoms with E-state index in [0.717, 1.165) is 17.9 Å². The first kappa shape index (κ1) is 15.0. The molecular formula is C16H33N. The minimum atomic E-state index is 0.467. The van der Waals surface area contributed by atoms with Crippen molar-refractivity contribution >= 4 is 0 Å². The smallest absolute Gasteiger partial charge is 0.0212 e. The van der Waals surface area contributed by atoms with Gasteiger partial charge in [-0.3, -0.25) is 0 Å². The Hall–Kier alpha value is -0.0400. The fraction of sp³-hybridized carbons (Fsp3) is 1.00. The van der Waals surface area contributed by atoms with E-state index in [1.54, 1.807) is 0 Å². The lowest BCUT2D eigenvalue weighted by atomic mass is 9.74. The summed E-state index contributed by atoms with van der Waals surface area (Å²) in [4.78, 5) is 0. The summed E-state index contributed by atoms with van der Waals surface area (Å²) in [6.07, 6.45) is 9.49. The fourth-order valence-electron chi connectivity index (χ4n) is 3.88. The average Bonchev–Trinajstić information content (AvgIpc) is 2.57. The second-order valence-corrected chi connectivity index (χ2v) is 6.47. The van der Waals surface area contributed by atoms with Crippen molar-refractivity contribution in [2.75, 3.05) is 0 Å². The van der Waals surface area contributed by atoms with Gasteiger partial charge >= 0.3 is 0 Å². The van der Waals surface area contributed by atoms with E-state index in [-0.39, 0.29) is 0 Å². The molecule has 1 aliphatic heterocycles. The van der Waals surface area contributed by atoms with Crippen molar-refractivity contribution in [1.29, 1.82) is 0 Å². The van der Waals surface area contributed by atoms with Crippen LogP contribution >= 0.6 is 0 Å². The summed E-state index contributed by atoms with van der Waals surface area (Å²) in [6.45, 7) is 11.8. The summed E-state index contributed by atoms with van der Waals surface area (Å²) in [5.41, 5.74) is 0.467. The predicted octanol–water partition coefficient (Wildman–Crippen LogP) is 4.76. The van der Waals surface area contributed by atoms with E-state index in [0.29, 0.717) is 5.54 Å². The van der Waals surface area contributed by atoms with Crippen molar-refractivity contribution in [1.82, 2.24) is 5.32 Å². The highest BCUT2D eigenvalue weighted by atomic mass is 15.1. The van der Waals surface area contributed by atoms with E-state index >= 15 is 0 Å². The summed E-state index contributed by atoms with van der Waals surface area (Å²) < 4.78 is 0. The molecule has 0 bridgehead atoms. The molecule has 17 heavy (non-hydrogen) atoms. The minimum Gasteiger partial charge on any atom is -0.308 e. The van der Waals surface area contributed by atoms with Gasteiger partial charge in [0.25, 0.3) is 0 Å². The van der Waals surface area contributed by atoms with Crippen molar-refractivity contribution in [3.05, 3.63) is 0 Å². The maximum atomic E-state index is 4.01. The van der Waals surface area contributed by atoms with Crippen LogP contribution < -0.4 is 5.32 Å². The van der Waals surface area contributed by atoms with Gasteiger partial charge < -0.3 is 5.32 Å². The van der Waals surface area contributed by atoms with Gasteiger partial charge in [0.05, 0.1) is 0 Å². The normalized spacial score (nSPS) is 27.9. The zero-order valence-electron chi connectivity index (χ0n) is 12.7. The van der Waals surface area contributed by atoms with Crippen molar-refractivity contribution < 1.29 is 0 Å². The van der Waals surface area contributed by atoms with Crippen LogP contribution in [0, 0.1) is 11.8 Å².